The van der Waals surface area contributed by atoms with Crippen LogP contribution in [0.3, 0.4) is 0 Å². The summed E-state index contributed by atoms with van der Waals surface area (Å²) in [5.74, 6) is 0.457. The fourth-order valence-corrected chi connectivity index (χ4v) is 2.31. The van der Waals surface area contributed by atoms with Crippen molar-refractivity contribution in [3.63, 3.8) is 0 Å². The van der Waals surface area contributed by atoms with Gasteiger partial charge in [-0.2, -0.15) is 0 Å². The number of hydrogen-bond donors (Lipinski definition) is 2. The van der Waals surface area contributed by atoms with Crippen LogP contribution >= 0.6 is 0 Å². The van der Waals surface area contributed by atoms with Crippen molar-refractivity contribution in [1.29, 1.82) is 0 Å². The van der Waals surface area contributed by atoms with Gasteiger partial charge in [-0.25, -0.2) is 4.79 Å². The first kappa shape index (κ1) is 15.4. The fourth-order valence-electron chi connectivity index (χ4n) is 2.31. The van der Waals surface area contributed by atoms with Gasteiger partial charge < -0.3 is 15.5 Å². The number of anilines is 1. The molecular weight excluding hydrogens is 266 g/mol. The van der Waals surface area contributed by atoms with Crippen LogP contribution < -0.4 is 15.5 Å². The Hall–Kier alpha value is -2.04. The number of carbonyl (C=O) groups excluding carboxylic acids is 2. The molecule has 0 radical (unpaired) electrons. The lowest BCUT2D eigenvalue weighted by atomic mass is 10.2. The highest BCUT2D eigenvalue weighted by Crippen LogP contribution is 2.21. The molecule has 2 rings (SSSR count). The second-order valence-electron chi connectivity index (χ2n) is 5.99. The van der Waals surface area contributed by atoms with E-state index in [1.54, 1.807) is 4.90 Å². The summed E-state index contributed by atoms with van der Waals surface area (Å²) in [5.41, 5.74) is 2.05. The van der Waals surface area contributed by atoms with Crippen LogP contribution in [0.4, 0.5) is 10.5 Å². The van der Waals surface area contributed by atoms with Gasteiger partial charge in [0.05, 0.1) is 6.04 Å². The predicted octanol–water partition coefficient (Wildman–Crippen LogP) is 2.06. The smallest absolute Gasteiger partial charge is 0.315 e. The summed E-state index contributed by atoms with van der Waals surface area (Å²) in [6, 6.07) is 7.51. The van der Waals surface area contributed by atoms with Crippen molar-refractivity contribution < 1.29 is 9.59 Å². The zero-order valence-corrected chi connectivity index (χ0v) is 12.8. The van der Waals surface area contributed by atoms with Gasteiger partial charge in [0.1, 0.15) is 0 Å². The minimum absolute atomic E-state index is 0.0491. The van der Waals surface area contributed by atoms with Crippen molar-refractivity contribution in [3.8, 4) is 0 Å². The van der Waals surface area contributed by atoms with E-state index < -0.39 is 0 Å². The first-order chi connectivity index (χ1) is 9.95. The number of nitrogens with zero attached hydrogens (tertiary/aromatic N) is 1. The molecule has 0 aliphatic carbocycles. The molecule has 1 aromatic carbocycles. The molecule has 1 fully saturated rings. The lowest BCUT2D eigenvalue weighted by Crippen LogP contribution is -2.44. The van der Waals surface area contributed by atoms with Gasteiger partial charge in [0.2, 0.25) is 5.91 Å². The topological polar surface area (TPSA) is 61.4 Å². The number of nitrogens with one attached hydrogen (secondary N) is 2. The normalized spacial score (nSPS) is 18.2. The van der Waals surface area contributed by atoms with Crippen molar-refractivity contribution in [2.45, 2.75) is 33.2 Å². The van der Waals surface area contributed by atoms with E-state index in [9.17, 15) is 9.59 Å². The molecule has 1 atom stereocenters. The lowest BCUT2D eigenvalue weighted by Gasteiger charge is -2.18. The Balaban J connectivity index is 1.90. The highest BCUT2D eigenvalue weighted by molar-refractivity contribution is 5.96. The van der Waals surface area contributed by atoms with Crippen LogP contribution in [0.15, 0.2) is 24.3 Å². The SMILES string of the molecule is Cc1ccc(N2C[C@@H](NC(=O)NCC(C)C)CC2=O)cc1. The maximum atomic E-state index is 12.1. The van der Waals surface area contributed by atoms with E-state index in [1.807, 2.05) is 45.0 Å². The molecule has 1 aromatic rings. The fraction of sp³-hybridized carbons (Fsp3) is 0.500. The maximum absolute atomic E-state index is 12.1. The molecule has 1 aliphatic rings. The highest BCUT2D eigenvalue weighted by Gasteiger charge is 2.31. The van der Waals surface area contributed by atoms with Crippen LogP contribution in [0.2, 0.25) is 0 Å². The molecule has 0 bridgehead atoms. The van der Waals surface area contributed by atoms with Crippen LogP contribution in [-0.2, 0) is 4.79 Å². The van der Waals surface area contributed by atoms with Crippen molar-refractivity contribution in [1.82, 2.24) is 10.6 Å². The quantitative estimate of drug-likeness (QED) is 0.891. The third kappa shape index (κ3) is 4.21. The largest absolute Gasteiger partial charge is 0.338 e. The molecule has 1 saturated heterocycles. The zero-order valence-electron chi connectivity index (χ0n) is 12.8. The molecule has 114 valence electrons. The average molecular weight is 289 g/mol. The summed E-state index contributed by atoms with van der Waals surface area (Å²) in [4.78, 5) is 25.5. The molecule has 5 nitrogen and oxygen atoms in total. The number of benzene rings is 1. The Labute approximate surface area is 125 Å². The van der Waals surface area contributed by atoms with Crippen molar-refractivity contribution in [2.75, 3.05) is 18.0 Å². The lowest BCUT2D eigenvalue weighted by molar-refractivity contribution is -0.117. The van der Waals surface area contributed by atoms with E-state index in [0.29, 0.717) is 25.4 Å². The molecule has 21 heavy (non-hydrogen) atoms. The van der Waals surface area contributed by atoms with E-state index in [4.69, 9.17) is 0 Å². The Morgan fingerprint density at radius 1 is 1.33 bits per heavy atom. The van der Waals surface area contributed by atoms with Crippen LogP contribution in [0.25, 0.3) is 0 Å². The molecule has 1 heterocycles. The van der Waals surface area contributed by atoms with Gasteiger partial charge in [-0.15, -0.1) is 0 Å². The molecule has 1 aliphatic heterocycles. The molecule has 2 N–H and O–H groups in total. The van der Waals surface area contributed by atoms with Gasteiger partial charge in [0.15, 0.2) is 0 Å². The van der Waals surface area contributed by atoms with Crippen molar-refractivity contribution in [2.24, 2.45) is 5.92 Å². The summed E-state index contributed by atoms with van der Waals surface area (Å²) in [7, 11) is 0. The number of carbonyl (C=O) groups is 2. The molecule has 3 amide bonds. The maximum Gasteiger partial charge on any atom is 0.315 e. The van der Waals surface area contributed by atoms with Gasteiger partial charge >= 0.3 is 6.03 Å². The molecule has 0 saturated carbocycles. The first-order valence-corrected chi connectivity index (χ1v) is 7.37. The van der Waals surface area contributed by atoms with Gasteiger partial charge in [0.25, 0.3) is 0 Å². The first-order valence-electron chi connectivity index (χ1n) is 7.37. The third-order valence-corrected chi connectivity index (χ3v) is 3.48. The number of hydrogen-bond acceptors (Lipinski definition) is 2. The molecule has 5 heteroatoms. The number of amides is 3. The standard InChI is InChI=1S/C16H23N3O2/c1-11(2)9-17-16(21)18-13-8-15(20)19(10-13)14-6-4-12(3)5-7-14/h4-7,11,13H,8-10H2,1-3H3,(H2,17,18,21)/t13-/m0/s1. The van der Waals surface area contributed by atoms with Crippen molar-refractivity contribution >= 4 is 17.6 Å². The Kier molecular flexibility index (Phi) is 4.83. The molecule has 0 spiro atoms. The summed E-state index contributed by atoms with van der Waals surface area (Å²) in [6.07, 6.45) is 0.350. The van der Waals surface area contributed by atoms with Gasteiger partial charge in [0, 0.05) is 25.2 Å². The Bertz CT molecular complexity index is 511. The average Bonchev–Trinajstić information content (AvgIpc) is 2.78. The van der Waals surface area contributed by atoms with E-state index >= 15 is 0 Å². The summed E-state index contributed by atoms with van der Waals surface area (Å²) < 4.78 is 0. The van der Waals surface area contributed by atoms with E-state index in [1.165, 1.54) is 0 Å². The number of rotatable bonds is 4. The minimum Gasteiger partial charge on any atom is -0.338 e. The van der Waals surface area contributed by atoms with Gasteiger partial charge in [-0.1, -0.05) is 31.5 Å². The second kappa shape index (κ2) is 6.61. The van der Waals surface area contributed by atoms with Crippen LogP contribution in [-0.4, -0.2) is 31.1 Å². The van der Waals surface area contributed by atoms with E-state index in [2.05, 4.69) is 10.6 Å². The third-order valence-electron chi connectivity index (χ3n) is 3.48. The Morgan fingerprint density at radius 2 is 2.00 bits per heavy atom. The number of urea groups is 1. The van der Waals surface area contributed by atoms with Crippen LogP contribution in [0.5, 0.6) is 0 Å². The zero-order chi connectivity index (χ0) is 15.4. The Morgan fingerprint density at radius 3 is 2.62 bits per heavy atom. The number of aryl methyl sites for hydroxylation is 1. The van der Waals surface area contributed by atoms with E-state index in [-0.39, 0.29) is 18.0 Å². The summed E-state index contributed by atoms with van der Waals surface area (Å²) >= 11 is 0. The predicted molar refractivity (Wildman–Crippen MR) is 83.3 cm³/mol. The van der Waals surface area contributed by atoms with E-state index in [0.717, 1.165) is 11.3 Å². The van der Waals surface area contributed by atoms with Crippen molar-refractivity contribution in [3.05, 3.63) is 29.8 Å². The highest BCUT2D eigenvalue weighted by atomic mass is 16.2. The molecule has 0 aromatic heterocycles. The summed E-state index contributed by atoms with van der Waals surface area (Å²) in [5, 5.41) is 5.67. The summed E-state index contributed by atoms with van der Waals surface area (Å²) in [6.45, 7) is 7.25. The monoisotopic (exact) mass is 289 g/mol. The van der Waals surface area contributed by atoms with Crippen LogP contribution in [0.1, 0.15) is 25.8 Å². The molecule has 0 unspecified atom stereocenters. The second-order valence-corrected chi connectivity index (χ2v) is 5.99. The van der Waals surface area contributed by atoms with Gasteiger partial charge in [-0.3, -0.25) is 4.79 Å². The van der Waals surface area contributed by atoms with Crippen LogP contribution in [0, 0.1) is 12.8 Å². The van der Waals surface area contributed by atoms with Gasteiger partial charge in [-0.05, 0) is 25.0 Å². The molecular formula is C16H23N3O2. The minimum atomic E-state index is -0.202.